The van der Waals surface area contributed by atoms with Gasteiger partial charge < -0.3 is 5.11 Å². The van der Waals surface area contributed by atoms with Crippen LogP contribution in [-0.2, 0) is 11.2 Å². The van der Waals surface area contributed by atoms with Crippen LogP contribution in [0.4, 0.5) is 8.78 Å². The molecular formula is C8H5ClF2INO2. The Bertz CT molecular complexity index is 400. The minimum atomic E-state index is -2.82. The van der Waals surface area contributed by atoms with Gasteiger partial charge in [-0.3, -0.25) is 4.79 Å². The molecule has 0 saturated heterocycles. The molecule has 0 unspecified atom stereocenters. The van der Waals surface area contributed by atoms with E-state index in [1.54, 1.807) is 22.6 Å². The number of aliphatic carboxylic acids is 1. The van der Waals surface area contributed by atoms with Crippen molar-refractivity contribution >= 4 is 40.2 Å². The van der Waals surface area contributed by atoms with E-state index in [9.17, 15) is 13.6 Å². The van der Waals surface area contributed by atoms with Gasteiger partial charge in [-0.05, 0) is 34.2 Å². The molecule has 0 aromatic carbocycles. The maximum Gasteiger partial charge on any atom is 0.307 e. The number of carboxylic acids is 1. The summed E-state index contributed by atoms with van der Waals surface area (Å²) in [5, 5.41) is 8.20. The van der Waals surface area contributed by atoms with Crippen molar-refractivity contribution in [2.45, 2.75) is 12.8 Å². The number of rotatable bonds is 3. The van der Waals surface area contributed by atoms with Crippen molar-refractivity contribution in [2.75, 3.05) is 0 Å². The molecule has 0 aliphatic carbocycles. The quantitative estimate of drug-likeness (QED) is 0.676. The first-order valence-electron chi connectivity index (χ1n) is 3.76. The first-order chi connectivity index (χ1) is 6.91. The highest BCUT2D eigenvalue weighted by Gasteiger charge is 2.20. The van der Waals surface area contributed by atoms with Gasteiger partial charge in [0.05, 0.1) is 12.0 Å². The highest BCUT2D eigenvalue weighted by atomic mass is 127. The third-order valence-corrected chi connectivity index (χ3v) is 2.47. The van der Waals surface area contributed by atoms with Crippen LogP contribution in [0.2, 0.25) is 5.15 Å². The van der Waals surface area contributed by atoms with Gasteiger partial charge in [-0.1, -0.05) is 11.6 Å². The summed E-state index contributed by atoms with van der Waals surface area (Å²) >= 11 is 7.31. The van der Waals surface area contributed by atoms with Gasteiger partial charge in [0, 0.05) is 0 Å². The molecule has 0 amide bonds. The summed E-state index contributed by atoms with van der Waals surface area (Å²) in [6, 6.07) is 1.29. The monoisotopic (exact) mass is 347 g/mol. The Morgan fingerprint density at radius 3 is 2.73 bits per heavy atom. The minimum Gasteiger partial charge on any atom is -0.481 e. The predicted octanol–water partition coefficient (Wildman–Crippen LogP) is 2.90. The molecule has 0 fully saturated rings. The summed E-state index contributed by atoms with van der Waals surface area (Å²) in [5.74, 6) is -1.19. The molecule has 0 aliphatic heterocycles. The zero-order valence-electron chi connectivity index (χ0n) is 7.18. The molecule has 1 heterocycles. The van der Waals surface area contributed by atoms with Gasteiger partial charge in [-0.25, -0.2) is 13.8 Å². The smallest absolute Gasteiger partial charge is 0.307 e. The minimum absolute atomic E-state index is 0.00176. The SMILES string of the molecule is O=C(O)Cc1cc(I)nc(Cl)c1C(F)F. The number of carboxylic acid groups (broad SMARTS) is 1. The third kappa shape index (κ3) is 3.23. The standard InChI is InChI=1S/C8H5ClF2INO2/c9-7-6(8(10)11)3(2-5(14)15)1-4(12)13-7/h1,8H,2H2,(H,14,15). The maximum atomic E-state index is 12.6. The van der Waals surface area contributed by atoms with Crippen LogP contribution in [-0.4, -0.2) is 16.1 Å². The second-order valence-corrected chi connectivity index (χ2v) is 4.14. The van der Waals surface area contributed by atoms with E-state index in [-0.39, 0.29) is 10.7 Å². The van der Waals surface area contributed by atoms with Crippen molar-refractivity contribution in [2.24, 2.45) is 0 Å². The summed E-state index contributed by atoms with van der Waals surface area (Å²) < 4.78 is 25.5. The largest absolute Gasteiger partial charge is 0.481 e. The summed E-state index contributed by atoms with van der Waals surface area (Å²) in [4.78, 5) is 14.1. The molecule has 7 heteroatoms. The fourth-order valence-corrected chi connectivity index (χ4v) is 2.13. The van der Waals surface area contributed by atoms with Gasteiger partial charge >= 0.3 is 5.97 Å². The van der Waals surface area contributed by atoms with Gasteiger partial charge in [0.15, 0.2) is 0 Å². The second-order valence-electron chi connectivity index (χ2n) is 2.68. The Hall–Kier alpha value is -0.500. The third-order valence-electron chi connectivity index (χ3n) is 1.63. The first kappa shape index (κ1) is 12.6. The molecular weight excluding hydrogens is 342 g/mol. The van der Waals surface area contributed by atoms with Crippen LogP contribution in [0.15, 0.2) is 6.07 Å². The van der Waals surface area contributed by atoms with Gasteiger partial charge in [-0.2, -0.15) is 0 Å². The average Bonchev–Trinajstić information content (AvgIpc) is 1.99. The molecule has 1 aromatic heterocycles. The van der Waals surface area contributed by atoms with Crippen molar-refractivity contribution in [1.82, 2.24) is 4.98 Å². The first-order valence-corrected chi connectivity index (χ1v) is 5.22. The van der Waals surface area contributed by atoms with Crippen LogP contribution in [0, 0.1) is 3.70 Å². The lowest BCUT2D eigenvalue weighted by Gasteiger charge is -2.08. The lowest BCUT2D eigenvalue weighted by atomic mass is 10.1. The number of aromatic nitrogens is 1. The van der Waals surface area contributed by atoms with Crippen LogP contribution in [0.1, 0.15) is 17.6 Å². The lowest BCUT2D eigenvalue weighted by Crippen LogP contribution is -2.06. The zero-order chi connectivity index (χ0) is 11.6. The molecule has 1 rings (SSSR count). The Morgan fingerprint density at radius 2 is 2.27 bits per heavy atom. The van der Waals surface area contributed by atoms with Crippen LogP contribution in [0.3, 0.4) is 0 Å². The Kier molecular flexibility index (Phi) is 4.21. The van der Waals surface area contributed by atoms with Crippen molar-refractivity contribution in [3.05, 3.63) is 26.0 Å². The van der Waals surface area contributed by atoms with Crippen molar-refractivity contribution in [3.63, 3.8) is 0 Å². The summed E-state index contributed by atoms with van der Waals surface area (Å²) in [6.45, 7) is 0. The summed E-state index contributed by atoms with van der Waals surface area (Å²) in [7, 11) is 0. The fourth-order valence-electron chi connectivity index (χ4n) is 1.08. The van der Waals surface area contributed by atoms with Gasteiger partial charge in [0.2, 0.25) is 0 Å². The molecule has 1 N–H and O–H groups in total. The predicted molar refractivity (Wildman–Crippen MR) is 58.3 cm³/mol. The normalized spacial score (nSPS) is 10.7. The molecule has 82 valence electrons. The Morgan fingerprint density at radius 1 is 1.67 bits per heavy atom. The molecule has 0 aliphatic rings. The number of hydrogen-bond acceptors (Lipinski definition) is 2. The van der Waals surface area contributed by atoms with Crippen LogP contribution in [0.25, 0.3) is 0 Å². The number of nitrogens with zero attached hydrogens (tertiary/aromatic N) is 1. The van der Waals surface area contributed by atoms with Gasteiger partial charge in [0.1, 0.15) is 8.85 Å². The van der Waals surface area contributed by atoms with E-state index in [1.165, 1.54) is 6.07 Å². The molecule has 1 aromatic rings. The fraction of sp³-hybridized carbons (Fsp3) is 0.250. The van der Waals surface area contributed by atoms with E-state index < -0.39 is 24.4 Å². The summed E-state index contributed by atoms with van der Waals surface area (Å²) in [6.07, 6.45) is -3.31. The van der Waals surface area contributed by atoms with Crippen molar-refractivity contribution < 1.29 is 18.7 Å². The van der Waals surface area contributed by atoms with E-state index >= 15 is 0 Å². The number of carbonyl (C=O) groups is 1. The van der Waals surface area contributed by atoms with Crippen LogP contribution in [0.5, 0.6) is 0 Å². The molecule has 3 nitrogen and oxygen atoms in total. The topological polar surface area (TPSA) is 50.2 Å². The number of alkyl halides is 2. The molecule has 0 spiro atoms. The molecule has 0 bridgehead atoms. The molecule has 0 atom stereocenters. The van der Waals surface area contributed by atoms with Crippen LogP contribution < -0.4 is 0 Å². The average molecular weight is 347 g/mol. The Balaban J connectivity index is 3.26. The highest BCUT2D eigenvalue weighted by Crippen LogP contribution is 2.30. The van der Waals surface area contributed by atoms with E-state index in [0.29, 0.717) is 3.70 Å². The van der Waals surface area contributed by atoms with Crippen molar-refractivity contribution in [1.29, 1.82) is 0 Å². The molecule has 0 saturated carbocycles. The van der Waals surface area contributed by atoms with E-state index in [2.05, 4.69) is 4.98 Å². The zero-order valence-corrected chi connectivity index (χ0v) is 10.1. The van der Waals surface area contributed by atoms with E-state index in [1.807, 2.05) is 0 Å². The van der Waals surface area contributed by atoms with Crippen LogP contribution >= 0.6 is 34.2 Å². The Labute approximate surface area is 103 Å². The number of hydrogen-bond donors (Lipinski definition) is 1. The highest BCUT2D eigenvalue weighted by molar-refractivity contribution is 14.1. The van der Waals surface area contributed by atoms with E-state index in [0.717, 1.165) is 0 Å². The van der Waals surface area contributed by atoms with Gasteiger partial charge in [-0.15, -0.1) is 0 Å². The molecule has 0 radical (unpaired) electrons. The second kappa shape index (κ2) is 5.02. The lowest BCUT2D eigenvalue weighted by molar-refractivity contribution is -0.136. The van der Waals surface area contributed by atoms with Crippen molar-refractivity contribution in [3.8, 4) is 0 Å². The number of halogens is 4. The van der Waals surface area contributed by atoms with Gasteiger partial charge in [0.25, 0.3) is 6.43 Å². The maximum absolute atomic E-state index is 12.6. The van der Waals surface area contributed by atoms with E-state index in [4.69, 9.17) is 16.7 Å². The number of pyridine rings is 1. The molecule has 15 heavy (non-hydrogen) atoms. The summed E-state index contributed by atoms with van der Waals surface area (Å²) in [5.41, 5.74) is -0.499.